The molecule has 1 atom stereocenters. The van der Waals surface area contributed by atoms with Gasteiger partial charge in [0, 0.05) is 18.6 Å². The summed E-state index contributed by atoms with van der Waals surface area (Å²) in [5.41, 5.74) is 2.55. The van der Waals surface area contributed by atoms with Crippen molar-refractivity contribution in [1.29, 1.82) is 0 Å². The number of hydrogen-bond acceptors (Lipinski definition) is 3. The summed E-state index contributed by atoms with van der Waals surface area (Å²) in [6.45, 7) is 4.00. The van der Waals surface area contributed by atoms with Gasteiger partial charge in [-0.15, -0.1) is 0 Å². The minimum absolute atomic E-state index is 0.534. The average molecular weight is 302 g/mol. The Morgan fingerprint density at radius 1 is 1.18 bits per heavy atom. The largest absolute Gasteiger partial charge is 0.490 e. The van der Waals surface area contributed by atoms with Crippen LogP contribution < -0.4 is 15.4 Å². The van der Waals surface area contributed by atoms with Crippen molar-refractivity contribution in [2.24, 2.45) is 0 Å². The minimum atomic E-state index is 0.534. The second-order valence-electron chi connectivity index (χ2n) is 6.92. The molecule has 22 heavy (non-hydrogen) atoms. The summed E-state index contributed by atoms with van der Waals surface area (Å²) in [6.07, 6.45) is 10.9. The quantitative estimate of drug-likeness (QED) is 0.877. The highest BCUT2D eigenvalue weighted by atomic mass is 16.5. The lowest BCUT2D eigenvalue weighted by atomic mass is 9.95. The fourth-order valence-electron chi connectivity index (χ4n) is 3.75. The molecular weight excluding hydrogens is 272 g/mol. The van der Waals surface area contributed by atoms with Gasteiger partial charge in [-0.25, -0.2) is 0 Å². The summed E-state index contributed by atoms with van der Waals surface area (Å²) in [5.74, 6) is 0.996. The van der Waals surface area contributed by atoms with Gasteiger partial charge in [0.15, 0.2) is 0 Å². The third-order valence-electron chi connectivity index (χ3n) is 4.89. The van der Waals surface area contributed by atoms with Gasteiger partial charge >= 0.3 is 0 Å². The van der Waals surface area contributed by atoms with Gasteiger partial charge in [-0.05, 0) is 43.9 Å². The van der Waals surface area contributed by atoms with Crippen molar-refractivity contribution in [3.63, 3.8) is 0 Å². The molecule has 1 unspecified atom stereocenters. The number of anilines is 1. The second kappa shape index (κ2) is 7.87. The van der Waals surface area contributed by atoms with Crippen molar-refractivity contribution in [3.05, 3.63) is 23.8 Å². The fourth-order valence-corrected chi connectivity index (χ4v) is 3.75. The first kappa shape index (κ1) is 15.7. The summed E-state index contributed by atoms with van der Waals surface area (Å²) in [5, 5.41) is 7.29. The zero-order valence-electron chi connectivity index (χ0n) is 13.9. The van der Waals surface area contributed by atoms with E-state index in [-0.39, 0.29) is 0 Å². The summed E-state index contributed by atoms with van der Waals surface area (Å²) in [4.78, 5) is 0. The second-order valence-corrected chi connectivity index (χ2v) is 6.92. The van der Waals surface area contributed by atoms with Crippen LogP contribution in [0.1, 0.15) is 57.4 Å². The Balaban J connectivity index is 1.53. The van der Waals surface area contributed by atoms with E-state index in [9.17, 15) is 0 Å². The molecule has 3 heteroatoms. The van der Waals surface area contributed by atoms with Gasteiger partial charge in [-0.2, -0.15) is 0 Å². The molecule has 1 aromatic carbocycles. The maximum atomic E-state index is 5.65. The lowest BCUT2D eigenvalue weighted by molar-refractivity contribution is 0.323. The number of rotatable bonds is 4. The Bertz CT molecular complexity index is 467. The average Bonchev–Trinajstić information content (AvgIpc) is 2.50. The van der Waals surface area contributed by atoms with Gasteiger partial charge < -0.3 is 15.4 Å². The molecule has 0 saturated heterocycles. The molecule has 0 bridgehead atoms. The van der Waals surface area contributed by atoms with Gasteiger partial charge in [-0.3, -0.25) is 0 Å². The Morgan fingerprint density at radius 2 is 1.95 bits per heavy atom. The number of benzene rings is 1. The Kier molecular flexibility index (Phi) is 5.60. The highest BCUT2D eigenvalue weighted by molar-refractivity contribution is 5.59. The van der Waals surface area contributed by atoms with E-state index in [1.807, 2.05) is 0 Å². The standard InChI is InChI=1S/C19H30N2O/c1-15(21-17-7-5-3-2-4-6-8-17)13-16-9-10-19-18(14-16)20-11-12-22-19/h9-10,14-15,17,20-21H,2-8,11-13H2,1H3. The van der Waals surface area contributed by atoms with Gasteiger partial charge in [0.1, 0.15) is 12.4 Å². The van der Waals surface area contributed by atoms with E-state index in [1.165, 1.54) is 50.5 Å². The first-order valence-electron chi connectivity index (χ1n) is 9.07. The van der Waals surface area contributed by atoms with Crippen molar-refractivity contribution in [2.75, 3.05) is 18.5 Å². The molecule has 2 aliphatic rings. The highest BCUT2D eigenvalue weighted by Crippen LogP contribution is 2.28. The third kappa shape index (κ3) is 4.39. The molecule has 1 saturated carbocycles. The first-order chi connectivity index (χ1) is 10.8. The smallest absolute Gasteiger partial charge is 0.142 e. The summed E-state index contributed by atoms with van der Waals surface area (Å²) >= 11 is 0. The molecule has 2 N–H and O–H groups in total. The third-order valence-corrected chi connectivity index (χ3v) is 4.89. The van der Waals surface area contributed by atoms with Gasteiger partial charge in [0.25, 0.3) is 0 Å². The van der Waals surface area contributed by atoms with Crippen LogP contribution in [-0.2, 0) is 6.42 Å². The molecule has 3 rings (SSSR count). The zero-order valence-corrected chi connectivity index (χ0v) is 13.9. The Morgan fingerprint density at radius 3 is 2.77 bits per heavy atom. The van der Waals surface area contributed by atoms with Gasteiger partial charge in [0.2, 0.25) is 0 Å². The zero-order chi connectivity index (χ0) is 15.2. The van der Waals surface area contributed by atoms with Crippen LogP contribution in [0.3, 0.4) is 0 Å². The van der Waals surface area contributed by atoms with Crippen molar-refractivity contribution in [3.8, 4) is 5.75 Å². The first-order valence-corrected chi connectivity index (χ1v) is 9.07. The normalized spacial score (nSPS) is 21.0. The van der Waals surface area contributed by atoms with Crippen molar-refractivity contribution >= 4 is 5.69 Å². The molecule has 0 spiro atoms. The number of hydrogen-bond donors (Lipinski definition) is 2. The topological polar surface area (TPSA) is 33.3 Å². The van der Waals surface area contributed by atoms with Crippen molar-refractivity contribution < 1.29 is 4.74 Å². The van der Waals surface area contributed by atoms with Crippen molar-refractivity contribution in [1.82, 2.24) is 5.32 Å². The maximum absolute atomic E-state index is 5.65. The number of ether oxygens (including phenoxy) is 1. The summed E-state index contributed by atoms with van der Waals surface area (Å²) in [7, 11) is 0. The van der Waals surface area contributed by atoms with Crippen LogP contribution in [0.15, 0.2) is 18.2 Å². The van der Waals surface area contributed by atoms with E-state index in [2.05, 4.69) is 35.8 Å². The van der Waals surface area contributed by atoms with E-state index >= 15 is 0 Å². The van der Waals surface area contributed by atoms with E-state index < -0.39 is 0 Å². The molecular formula is C19H30N2O. The van der Waals surface area contributed by atoms with Crippen LogP contribution >= 0.6 is 0 Å². The molecule has 0 radical (unpaired) electrons. The number of fused-ring (bicyclic) bond motifs is 1. The van der Waals surface area contributed by atoms with Gasteiger partial charge in [0.05, 0.1) is 5.69 Å². The molecule has 1 aliphatic heterocycles. The van der Waals surface area contributed by atoms with Crippen LogP contribution in [0.4, 0.5) is 5.69 Å². The van der Waals surface area contributed by atoms with Gasteiger partial charge in [-0.1, -0.05) is 38.2 Å². The van der Waals surface area contributed by atoms with E-state index in [1.54, 1.807) is 0 Å². The molecule has 3 nitrogen and oxygen atoms in total. The van der Waals surface area contributed by atoms with E-state index in [4.69, 9.17) is 4.74 Å². The number of nitrogens with one attached hydrogen (secondary N) is 2. The van der Waals surface area contributed by atoms with Crippen LogP contribution in [0, 0.1) is 0 Å². The van der Waals surface area contributed by atoms with E-state index in [0.29, 0.717) is 6.04 Å². The van der Waals surface area contributed by atoms with E-state index in [0.717, 1.165) is 37.1 Å². The Hall–Kier alpha value is -1.22. The van der Waals surface area contributed by atoms with Crippen LogP contribution in [0.2, 0.25) is 0 Å². The monoisotopic (exact) mass is 302 g/mol. The minimum Gasteiger partial charge on any atom is -0.490 e. The lowest BCUT2D eigenvalue weighted by Gasteiger charge is -2.26. The summed E-state index contributed by atoms with van der Waals surface area (Å²) in [6, 6.07) is 7.83. The lowest BCUT2D eigenvalue weighted by Crippen LogP contribution is -2.38. The van der Waals surface area contributed by atoms with Crippen LogP contribution in [0.5, 0.6) is 5.75 Å². The molecule has 1 aromatic rings. The highest BCUT2D eigenvalue weighted by Gasteiger charge is 2.15. The molecule has 0 aromatic heterocycles. The van der Waals surface area contributed by atoms with Crippen LogP contribution in [-0.4, -0.2) is 25.2 Å². The molecule has 0 amide bonds. The molecule has 122 valence electrons. The molecule has 1 aliphatic carbocycles. The SMILES string of the molecule is CC(Cc1ccc2c(c1)NCCO2)NC1CCCCCCC1. The molecule has 1 fully saturated rings. The predicted octanol–water partition coefficient (Wildman–Crippen LogP) is 4.12. The molecule has 1 heterocycles. The van der Waals surface area contributed by atoms with Crippen LogP contribution in [0.25, 0.3) is 0 Å². The predicted molar refractivity (Wildman–Crippen MR) is 92.8 cm³/mol. The van der Waals surface area contributed by atoms with Crippen molar-refractivity contribution in [2.45, 2.75) is 70.4 Å². The fraction of sp³-hybridized carbons (Fsp3) is 0.684. The summed E-state index contributed by atoms with van der Waals surface area (Å²) < 4.78 is 5.65. The maximum Gasteiger partial charge on any atom is 0.142 e. The Labute approximate surface area is 134 Å².